The lowest BCUT2D eigenvalue weighted by atomic mass is 10.2. The van der Waals surface area contributed by atoms with Gasteiger partial charge in [0, 0.05) is 23.8 Å². The van der Waals surface area contributed by atoms with Gasteiger partial charge in [-0.05, 0) is 45.9 Å². The van der Waals surface area contributed by atoms with E-state index in [0.717, 1.165) is 6.54 Å². The molecule has 100 valence electrons. The first-order valence-electron chi connectivity index (χ1n) is 5.92. The summed E-state index contributed by atoms with van der Waals surface area (Å²) < 4.78 is 2.35. The van der Waals surface area contributed by atoms with Crippen LogP contribution < -0.4 is 5.32 Å². The molecule has 1 rings (SSSR count). The summed E-state index contributed by atoms with van der Waals surface area (Å²) in [4.78, 5) is 4.44. The van der Waals surface area contributed by atoms with Crippen molar-refractivity contribution < 1.29 is 4.58 Å². The molecule has 1 heterocycles. The number of rotatable bonds is 5. The predicted molar refractivity (Wildman–Crippen MR) is 79.6 cm³/mol. The van der Waals surface area contributed by atoms with Crippen LogP contribution in [0, 0.1) is 0 Å². The van der Waals surface area contributed by atoms with Crippen LogP contribution in [0.15, 0.2) is 0 Å². The van der Waals surface area contributed by atoms with E-state index >= 15 is 0 Å². The summed E-state index contributed by atoms with van der Waals surface area (Å²) in [7, 11) is 14.3. The second kappa shape index (κ2) is 6.87. The van der Waals surface area contributed by atoms with E-state index in [-0.39, 0.29) is 0 Å². The van der Waals surface area contributed by atoms with E-state index in [1.54, 1.807) is 0 Å². The lowest BCUT2D eigenvalue weighted by Crippen LogP contribution is -2.40. The Morgan fingerprint density at radius 1 is 1.35 bits per heavy atom. The Bertz CT molecular complexity index is 279. The topological polar surface area (TPSA) is 21.5 Å². The maximum atomic E-state index is 3.54. The Hall–Kier alpha value is 0.0900. The lowest BCUT2D eigenvalue weighted by molar-refractivity contribution is -0.534. The van der Waals surface area contributed by atoms with E-state index < -0.39 is 0 Å². The van der Waals surface area contributed by atoms with Crippen LogP contribution in [0.25, 0.3) is 0 Å². The molecule has 0 aliphatic carbocycles. The summed E-state index contributed by atoms with van der Waals surface area (Å²) in [5, 5.41) is 4.82. The van der Waals surface area contributed by atoms with Gasteiger partial charge in [0.15, 0.2) is 0 Å². The van der Waals surface area contributed by atoms with Crippen LogP contribution >= 0.6 is 21.6 Å². The number of nitrogens with zero attached hydrogens (tertiary/aromatic N) is 3. The fourth-order valence-corrected chi connectivity index (χ4v) is 4.21. The zero-order chi connectivity index (χ0) is 13.0. The molecule has 2 unspecified atom stereocenters. The maximum Gasteiger partial charge on any atom is 0.319 e. The van der Waals surface area contributed by atoms with Gasteiger partial charge in [-0.1, -0.05) is 0 Å². The molecule has 1 aliphatic heterocycles. The quantitative estimate of drug-likeness (QED) is 0.599. The van der Waals surface area contributed by atoms with Crippen molar-refractivity contribution in [2.75, 3.05) is 41.8 Å². The van der Waals surface area contributed by atoms with Gasteiger partial charge in [-0.2, -0.15) is 0 Å². The molecule has 0 bridgehead atoms. The van der Waals surface area contributed by atoms with Crippen LogP contribution in [0.4, 0.5) is 0 Å². The summed E-state index contributed by atoms with van der Waals surface area (Å²) in [6.07, 6.45) is 1.19. The highest BCUT2D eigenvalue weighted by Crippen LogP contribution is 2.33. The van der Waals surface area contributed by atoms with Crippen molar-refractivity contribution in [2.24, 2.45) is 0 Å². The van der Waals surface area contributed by atoms with Crippen LogP contribution in [0.1, 0.15) is 13.3 Å². The molecular weight excluding hydrogens is 252 g/mol. The Morgan fingerprint density at radius 2 is 2.00 bits per heavy atom. The molecule has 1 N–H and O–H groups in total. The standard InChI is InChI=1S/C11H24N4S2/c1-9(7-8-13(2)3)15(6)11-12-10(14(4)5)16-17-11/h9-10H,7-8H2,1-6H3/p+1. The molecule has 0 aromatic rings. The third kappa shape index (κ3) is 4.69. The molecule has 0 spiro atoms. The van der Waals surface area contributed by atoms with Gasteiger partial charge in [-0.3, -0.25) is 9.48 Å². The van der Waals surface area contributed by atoms with E-state index in [2.05, 4.69) is 61.9 Å². The first kappa shape index (κ1) is 15.1. The Kier molecular flexibility index (Phi) is 6.12. The summed E-state index contributed by atoms with van der Waals surface area (Å²) in [5.41, 5.74) is 0.387. The normalized spacial score (nSPS) is 25.3. The van der Waals surface area contributed by atoms with Gasteiger partial charge in [0.25, 0.3) is 0 Å². The first-order valence-corrected chi connectivity index (χ1v) is 8.14. The Morgan fingerprint density at radius 3 is 2.47 bits per heavy atom. The molecule has 6 heteroatoms. The molecule has 4 nitrogen and oxygen atoms in total. The molecule has 17 heavy (non-hydrogen) atoms. The van der Waals surface area contributed by atoms with Crippen LogP contribution in [0.2, 0.25) is 0 Å². The summed E-state index contributed by atoms with van der Waals surface area (Å²) in [5.74, 6) is 0. The Labute approximate surface area is 113 Å². The minimum Gasteiger partial charge on any atom is -0.309 e. The maximum absolute atomic E-state index is 3.54. The zero-order valence-corrected chi connectivity index (χ0v) is 13.4. The van der Waals surface area contributed by atoms with Crippen molar-refractivity contribution in [3.8, 4) is 0 Å². The van der Waals surface area contributed by atoms with Crippen molar-refractivity contribution in [1.29, 1.82) is 0 Å². The zero-order valence-electron chi connectivity index (χ0n) is 11.7. The lowest BCUT2D eigenvalue weighted by Gasteiger charge is -2.16. The van der Waals surface area contributed by atoms with Crippen molar-refractivity contribution in [2.45, 2.75) is 24.9 Å². The second-order valence-electron chi connectivity index (χ2n) is 5.00. The van der Waals surface area contributed by atoms with Gasteiger partial charge in [0.2, 0.25) is 5.50 Å². The monoisotopic (exact) mass is 277 g/mol. The van der Waals surface area contributed by atoms with Gasteiger partial charge in [-0.25, -0.2) is 5.32 Å². The molecular formula is C11H25N4S2+. The second-order valence-corrected chi connectivity index (χ2v) is 7.27. The van der Waals surface area contributed by atoms with Gasteiger partial charge in [0.05, 0.1) is 13.1 Å². The van der Waals surface area contributed by atoms with Crippen molar-refractivity contribution in [1.82, 2.24) is 15.1 Å². The average molecular weight is 277 g/mol. The van der Waals surface area contributed by atoms with Crippen LogP contribution in [-0.2, 0) is 0 Å². The summed E-state index contributed by atoms with van der Waals surface area (Å²) >= 11 is 0. The molecule has 0 radical (unpaired) electrons. The van der Waals surface area contributed by atoms with E-state index in [1.807, 2.05) is 21.6 Å². The first-order chi connectivity index (χ1) is 7.91. The highest BCUT2D eigenvalue weighted by Gasteiger charge is 2.32. The fourth-order valence-electron chi connectivity index (χ4n) is 1.46. The molecule has 0 aromatic carbocycles. The number of hydrogen-bond acceptors (Lipinski definition) is 4. The highest BCUT2D eigenvalue weighted by atomic mass is 33.1. The van der Waals surface area contributed by atoms with E-state index in [1.165, 1.54) is 11.6 Å². The van der Waals surface area contributed by atoms with E-state index in [0.29, 0.717) is 11.5 Å². The fraction of sp³-hybridized carbons (Fsp3) is 0.909. The van der Waals surface area contributed by atoms with Gasteiger partial charge >= 0.3 is 5.17 Å². The largest absolute Gasteiger partial charge is 0.319 e. The van der Waals surface area contributed by atoms with Crippen LogP contribution in [0.3, 0.4) is 0 Å². The molecule has 1 aliphatic rings. The predicted octanol–water partition coefficient (Wildman–Crippen LogP) is 1.15. The summed E-state index contributed by atoms with van der Waals surface area (Å²) in [6.45, 7) is 3.42. The molecule has 1 saturated heterocycles. The van der Waals surface area contributed by atoms with E-state index in [9.17, 15) is 0 Å². The van der Waals surface area contributed by atoms with Crippen molar-refractivity contribution in [3.63, 3.8) is 0 Å². The average Bonchev–Trinajstić information content (AvgIpc) is 2.73. The minimum atomic E-state index is 0.387. The van der Waals surface area contributed by atoms with E-state index in [4.69, 9.17) is 0 Å². The molecule has 0 amide bonds. The van der Waals surface area contributed by atoms with Crippen molar-refractivity contribution in [3.05, 3.63) is 0 Å². The van der Waals surface area contributed by atoms with Gasteiger partial charge in [0.1, 0.15) is 0 Å². The molecule has 0 aromatic heterocycles. The van der Waals surface area contributed by atoms with Gasteiger partial charge < -0.3 is 4.90 Å². The highest BCUT2D eigenvalue weighted by molar-refractivity contribution is 8.83. The number of nitrogens with one attached hydrogen (secondary N) is 1. The molecule has 0 saturated carbocycles. The SMILES string of the molecule is CC(CCN(C)C)[N+](C)=C1NC(N(C)C)SS1. The van der Waals surface area contributed by atoms with Crippen LogP contribution in [-0.4, -0.2) is 72.9 Å². The van der Waals surface area contributed by atoms with Crippen LogP contribution in [0.5, 0.6) is 0 Å². The molecule has 2 atom stereocenters. The number of hydrogen-bond donors (Lipinski definition) is 1. The Balaban J connectivity index is 2.53. The van der Waals surface area contributed by atoms with Crippen molar-refractivity contribution >= 4 is 26.8 Å². The minimum absolute atomic E-state index is 0.387. The smallest absolute Gasteiger partial charge is 0.309 e. The summed E-state index contributed by atoms with van der Waals surface area (Å²) in [6, 6.07) is 0.564. The number of amidine groups is 1. The third-order valence-corrected chi connectivity index (χ3v) is 5.60. The molecule has 1 fully saturated rings. The third-order valence-electron chi connectivity index (χ3n) is 2.91. The van der Waals surface area contributed by atoms with Gasteiger partial charge in [-0.15, -0.1) is 0 Å².